The number of ether oxygens (including phenoxy) is 1. The van der Waals surface area contributed by atoms with Crippen molar-refractivity contribution in [3.05, 3.63) is 0 Å². The molecule has 0 unspecified atom stereocenters. The molecule has 0 spiro atoms. The molecule has 64 valence electrons. The zero-order chi connectivity index (χ0) is 8.41. The highest BCUT2D eigenvalue weighted by molar-refractivity contribution is 4.32. The molecule has 0 saturated heterocycles. The molecule has 0 aliphatic rings. The zero-order valence-electron chi connectivity index (χ0n) is 8.11. The van der Waals surface area contributed by atoms with Crippen molar-refractivity contribution in [2.24, 2.45) is 5.92 Å². The van der Waals surface area contributed by atoms with Crippen LogP contribution < -0.4 is 0 Å². The van der Waals surface area contributed by atoms with E-state index in [0.29, 0.717) is 0 Å². The van der Waals surface area contributed by atoms with Crippen LogP contribution >= 0.6 is 0 Å². The lowest BCUT2D eigenvalue weighted by Gasteiger charge is -1.90. The van der Waals surface area contributed by atoms with E-state index in [1.54, 1.807) is 7.11 Å². The zero-order valence-corrected chi connectivity index (χ0v) is 8.11. The third-order valence-electron chi connectivity index (χ3n) is 1.22. The molecule has 0 radical (unpaired) electrons. The van der Waals surface area contributed by atoms with Gasteiger partial charge in [-0.25, -0.2) is 0 Å². The Morgan fingerprint density at radius 3 is 1.60 bits per heavy atom. The van der Waals surface area contributed by atoms with E-state index in [1.165, 1.54) is 6.42 Å². The summed E-state index contributed by atoms with van der Waals surface area (Å²) < 4.78 is 4.69. The predicted molar refractivity (Wildman–Crippen MR) is 47.3 cm³/mol. The van der Waals surface area contributed by atoms with Gasteiger partial charge in [0.05, 0.1) is 0 Å². The highest BCUT2D eigenvalue weighted by Gasteiger charge is 1.80. The number of methoxy groups -OCH3 is 1. The van der Waals surface area contributed by atoms with E-state index >= 15 is 0 Å². The Morgan fingerprint density at radius 2 is 1.60 bits per heavy atom. The molecule has 0 fully saturated rings. The molecule has 0 aliphatic carbocycles. The van der Waals surface area contributed by atoms with E-state index in [2.05, 4.69) is 27.7 Å². The number of hydrogen-bond donors (Lipinski definition) is 0. The lowest BCUT2D eigenvalue weighted by atomic mass is 10.2. The van der Waals surface area contributed by atoms with Gasteiger partial charge in [-0.2, -0.15) is 0 Å². The number of rotatable bonds is 3. The van der Waals surface area contributed by atoms with Gasteiger partial charge in [-0.1, -0.05) is 34.1 Å². The van der Waals surface area contributed by atoms with E-state index in [9.17, 15) is 0 Å². The molecular weight excluding hydrogens is 124 g/mol. The smallest absolute Gasteiger partial charge is 0.0459 e. The minimum absolute atomic E-state index is 0.884. The van der Waals surface area contributed by atoms with Crippen LogP contribution in [0.5, 0.6) is 0 Å². The largest absolute Gasteiger partial charge is 0.385 e. The highest BCUT2D eigenvalue weighted by Crippen LogP contribution is 1.93. The first-order valence-corrected chi connectivity index (χ1v) is 4.17. The Bertz CT molecular complexity index is 40.0. The van der Waals surface area contributed by atoms with Gasteiger partial charge < -0.3 is 4.74 Å². The van der Waals surface area contributed by atoms with Gasteiger partial charge in [0.2, 0.25) is 0 Å². The molecule has 0 bridgehead atoms. The molecule has 0 saturated carbocycles. The first kappa shape index (κ1) is 12.6. The molecule has 0 amide bonds. The van der Waals surface area contributed by atoms with E-state index in [4.69, 9.17) is 4.74 Å². The molecule has 0 aromatic carbocycles. The van der Waals surface area contributed by atoms with Crippen molar-refractivity contribution in [2.45, 2.75) is 40.5 Å². The van der Waals surface area contributed by atoms with Crippen LogP contribution in [-0.4, -0.2) is 13.7 Å². The molecule has 0 aromatic heterocycles. The second kappa shape index (κ2) is 11.7. The van der Waals surface area contributed by atoms with Crippen LogP contribution in [0.4, 0.5) is 0 Å². The van der Waals surface area contributed by atoms with Crippen molar-refractivity contribution in [1.29, 1.82) is 0 Å². The van der Waals surface area contributed by atoms with Gasteiger partial charge >= 0.3 is 0 Å². The van der Waals surface area contributed by atoms with Crippen molar-refractivity contribution in [3.8, 4) is 0 Å². The molecule has 0 aliphatic heterocycles. The monoisotopic (exact) mass is 146 g/mol. The molecular formula is C9H22O. The first-order chi connectivity index (χ1) is 4.68. The van der Waals surface area contributed by atoms with Crippen molar-refractivity contribution >= 4 is 0 Å². The summed E-state index contributed by atoms with van der Waals surface area (Å²) in [5.74, 6) is 0.884. The second-order valence-corrected chi connectivity index (χ2v) is 2.79. The summed E-state index contributed by atoms with van der Waals surface area (Å²) in [6.07, 6.45) is 2.43. The van der Waals surface area contributed by atoms with E-state index in [-0.39, 0.29) is 0 Å². The van der Waals surface area contributed by atoms with Crippen LogP contribution in [0.2, 0.25) is 0 Å². The summed E-state index contributed by atoms with van der Waals surface area (Å²) in [4.78, 5) is 0. The molecule has 0 atom stereocenters. The molecule has 10 heavy (non-hydrogen) atoms. The van der Waals surface area contributed by atoms with E-state index in [1.807, 2.05) is 0 Å². The van der Waals surface area contributed by atoms with Crippen LogP contribution in [0.25, 0.3) is 0 Å². The van der Waals surface area contributed by atoms with Crippen LogP contribution in [-0.2, 0) is 4.74 Å². The van der Waals surface area contributed by atoms with Gasteiger partial charge in [0.15, 0.2) is 0 Å². The fourth-order valence-electron chi connectivity index (χ4n) is 0.204. The Kier molecular flexibility index (Phi) is 14.8. The lowest BCUT2D eigenvalue weighted by Crippen LogP contribution is -1.80. The first-order valence-electron chi connectivity index (χ1n) is 4.17. The Balaban J connectivity index is 0. The molecule has 1 nitrogen and oxygen atoms in total. The number of hydrogen-bond acceptors (Lipinski definition) is 1. The molecule has 0 N–H and O–H groups in total. The quantitative estimate of drug-likeness (QED) is 0.594. The molecule has 1 heteroatoms. The fraction of sp³-hybridized carbons (Fsp3) is 1.00. The van der Waals surface area contributed by atoms with Crippen molar-refractivity contribution in [3.63, 3.8) is 0 Å². The van der Waals surface area contributed by atoms with Crippen molar-refractivity contribution < 1.29 is 4.74 Å². The van der Waals surface area contributed by atoms with Gasteiger partial charge in [0.1, 0.15) is 0 Å². The van der Waals surface area contributed by atoms with E-state index < -0.39 is 0 Å². The van der Waals surface area contributed by atoms with Gasteiger partial charge in [-0.15, -0.1) is 0 Å². The average molecular weight is 146 g/mol. The van der Waals surface area contributed by atoms with Crippen molar-refractivity contribution in [2.75, 3.05) is 13.7 Å². The normalized spacial score (nSPS) is 9.00. The van der Waals surface area contributed by atoms with Crippen molar-refractivity contribution in [1.82, 2.24) is 0 Å². The van der Waals surface area contributed by atoms with Crippen LogP contribution in [0.15, 0.2) is 0 Å². The fourth-order valence-corrected chi connectivity index (χ4v) is 0.204. The van der Waals surface area contributed by atoms with Gasteiger partial charge in [-0.3, -0.25) is 0 Å². The molecule has 0 rings (SSSR count). The van der Waals surface area contributed by atoms with Gasteiger partial charge in [0.25, 0.3) is 0 Å². The maximum absolute atomic E-state index is 4.69. The average Bonchev–Trinajstić information content (AvgIpc) is 1.91. The minimum atomic E-state index is 0.884. The van der Waals surface area contributed by atoms with Gasteiger partial charge in [0, 0.05) is 13.7 Å². The van der Waals surface area contributed by atoms with E-state index in [0.717, 1.165) is 18.9 Å². The maximum atomic E-state index is 4.69. The summed E-state index contributed by atoms with van der Waals surface area (Å²) in [6.45, 7) is 9.62. The SMILES string of the molecule is CCC(C)C.CCCOC. The van der Waals surface area contributed by atoms with Crippen LogP contribution in [0.3, 0.4) is 0 Å². The minimum Gasteiger partial charge on any atom is -0.385 e. The second-order valence-electron chi connectivity index (χ2n) is 2.79. The summed E-state index contributed by atoms with van der Waals surface area (Å²) in [5, 5.41) is 0. The lowest BCUT2D eigenvalue weighted by molar-refractivity contribution is 0.199. The summed E-state index contributed by atoms with van der Waals surface area (Å²) >= 11 is 0. The van der Waals surface area contributed by atoms with Crippen LogP contribution in [0.1, 0.15) is 40.5 Å². The Labute approximate surface area is 65.8 Å². The topological polar surface area (TPSA) is 9.23 Å². The summed E-state index contributed by atoms with van der Waals surface area (Å²) in [5.41, 5.74) is 0. The molecule has 0 aromatic rings. The molecule has 0 heterocycles. The Morgan fingerprint density at radius 1 is 1.20 bits per heavy atom. The summed E-state index contributed by atoms with van der Waals surface area (Å²) in [7, 11) is 1.71. The standard InChI is InChI=1S/C5H12.C4H10O/c1-4-5(2)3;1-3-4-5-2/h5H,4H2,1-3H3;3-4H2,1-2H3. The van der Waals surface area contributed by atoms with Gasteiger partial charge in [-0.05, 0) is 12.3 Å². The summed E-state index contributed by atoms with van der Waals surface area (Å²) in [6, 6.07) is 0. The third kappa shape index (κ3) is 24.6. The third-order valence-corrected chi connectivity index (χ3v) is 1.22. The predicted octanol–water partition coefficient (Wildman–Crippen LogP) is 3.10. The highest BCUT2D eigenvalue weighted by atomic mass is 16.5. The van der Waals surface area contributed by atoms with Crippen LogP contribution in [0, 0.1) is 5.92 Å². The Hall–Kier alpha value is -0.0400. The maximum Gasteiger partial charge on any atom is 0.0459 e.